The summed E-state index contributed by atoms with van der Waals surface area (Å²) >= 11 is 0. The highest BCUT2D eigenvalue weighted by Crippen LogP contribution is 2.47. The fourth-order valence-corrected chi connectivity index (χ4v) is 7.11. The first-order chi connectivity index (χ1) is 19.6. The van der Waals surface area contributed by atoms with Crippen LogP contribution in [0.15, 0.2) is 77.5 Å². The van der Waals surface area contributed by atoms with Gasteiger partial charge in [0.2, 0.25) is 10.0 Å². The summed E-state index contributed by atoms with van der Waals surface area (Å²) in [5.74, 6) is -3.76. The van der Waals surface area contributed by atoms with Crippen LogP contribution in [-0.2, 0) is 16.4 Å². The Hall–Kier alpha value is -4.29. The van der Waals surface area contributed by atoms with Gasteiger partial charge in [-0.25, -0.2) is 26.3 Å². The summed E-state index contributed by atoms with van der Waals surface area (Å²) in [7, 11) is -3.33. The second-order valence-corrected chi connectivity index (χ2v) is 11.9. The molecule has 0 spiro atoms. The number of hydrogen-bond donors (Lipinski definition) is 0. The average molecular weight is 581 g/mol. The number of ketones is 1. The maximum absolute atomic E-state index is 14.5. The molecule has 1 aliphatic heterocycles. The molecule has 1 aliphatic carbocycles. The zero-order chi connectivity index (χ0) is 28.9. The average Bonchev–Trinajstić information content (AvgIpc) is 3.38. The molecule has 0 N–H and O–H groups in total. The van der Waals surface area contributed by atoms with Crippen LogP contribution in [0.4, 0.5) is 13.2 Å². The number of halogens is 3. The Kier molecular flexibility index (Phi) is 6.54. The molecule has 6 rings (SSSR count). The van der Waals surface area contributed by atoms with E-state index in [9.17, 15) is 26.4 Å². The molecule has 0 unspecified atom stereocenters. The highest BCUT2D eigenvalue weighted by atomic mass is 32.2. The van der Waals surface area contributed by atoms with E-state index in [2.05, 4.69) is 14.8 Å². The molecule has 210 valence electrons. The quantitative estimate of drug-likeness (QED) is 0.310. The molecule has 0 saturated carbocycles. The number of carbonyl (C=O) groups excluding carboxylic acids is 1. The number of benzene rings is 2. The topological polar surface area (TPSA) is 94.4 Å². The van der Waals surface area contributed by atoms with Crippen molar-refractivity contribution in [1.29, 1.82) is 0 Å². The molecule has 2 aromatic carbocycles. The van der Waals surface area contributed by atoms with Gasteiger partial charge in [0.25, 0.3) is 0 Å². The number of fused-ring (bicyclic) bond motifs is 2. The van der Waals surface area contributed by atoms with Crippen molar-refractivity contribution in [2.75, 3.05) is 20.2 Å². The lowest BCUT2D eigenvalue weighted by atomic mass is 9.65. The first kappa shape index (κ1) is 26.9. The Morgan fingerprint density at radius 3 is 2.44 bits per heavy atom. The van der Waals surface area contributed by atoms with Gasteiger partial charge in [-0.05, 0) is 73.0 Å². The molecule has 12 heteroatoms. The van der Waals surface area contributed by atoms with Crippen LogP contribution in [0, 0.1) is 22.9 Å². The Morgan fingerprint density at radius 1 is 1.05 bits per heavy atom. The number of carbonyl (C=O) groups is 1. The molecular weight excluding hydrogens is 557 g/mol. The molecule has 8 nitrogen and oxygen atoms in total. The SMILES string of the molecule is COc1c(F)cc(S(=O)(=O)N2CCC3=Cc4c(cnn4-c4ccc(F)cc4)C[C@]3(C(=O)c3ccccn3)C2)cc1F. The van der Waals surface area contributed by atoms with Crippen LogP contribution in [0.25, 0.3) is 11.8 Å². The van der Waals surface area contributed by atoms with Crippen molar-refractivity contribution in [3.05, 3.63) is 107 Å². The Bertz CT molecular complexity index is 1780. The number of hydrogen-bond acceptors (Lipinski definition) is 6. The van der Waals surface area contributed by atoms with Gasteiger partial charge in [0.05, 0.1) is 35.0 Å². The van der Waals surface area contributed by atoms with Crippen molar-refractivity contribution in [1.82, 2.24) is 19.1 Å². The number of Topliss-reactive ketones (excluding diaryl/α,β-unsaturated/α-hetero) is 1. The number of piperidine rings is 1. The van der Waals surface area contributed by atoms with Crippen LogP contribution in [0.5, 0.6) is 5.75 Å². The van der Waals surface area contributed by atoms with Gasteiger partial charge in [-0.3, -0.25) is 9.78 Å². The summed E-state index contributed by atoms with van der Waals surface area (Å²) in [6.07, 6.45) is 5.19. The lowest BCUT2D eigenvalue weighted by molar-refractivity contribution is 0.0770. The van der Waals surface area contributed by atoms with Crippen LogP contribution in [-0.4, -0.2) is 53.5 Å². The van der Waals surface area contributed by atoms with Crippen LogP contribution in [0.1, 0.15) is 28.2 Å². The smallest absolute Gasteiger partial charge is 0.243 e. The first-order valence-electron chi connectivity index (χ1n) is 12.7. The van der Waals surface area contributed by atoms with Crippen LogP contribution < -0.4 is 4.74 Å². The van der Waals surface area contributed by atoms with Crippen molar-refractivity contribution in [3.8, 4) is 11.4 Å². The van der Waals surface area contributed by atoms with Crippen LogP contribution in [0.3, 0.4) is 0 Å². The molecule has 0 bridgehead atoms. The molecule has 0 radical (unpaired) electrons. The number of rotatable bonds is 6. The molecular formula is C29H23F3N4O4S. The van der Waals surface area contributed by atoms with Crippen molar-refractivity contribution >= 4 is 21.9 Å². The van der Waals surface area contributed by atoms with Gasteiger partial charge < -0.3 is 4.74 Å². The van der Waals surface area contributed by atoms with E-state index < -0.39 is 43.5 Å². The fraction of sp³-hybridized carbons (Fsp3) is 0.207. The second kappa shape index (κ2) is 9.96. The van der Waals surface area contributed by atoms with Gasteiger partial charge in [0.1, 0.15) is 11.5 Å². The molecule has 41 heavy (non-hydrogen) atoms. The number of methoxy groups -OCH3 is 1. The maximum Gasteiger partial charge on any atom is 0.243 e. The Morgan fingerprint density at radius 2 is 1.78 bits per heavy atom. The summed E-state index contributed by atoms with van der Waals surface area (Å²) in [5, 5.41) is 4.47. The Labute approximate surface area is 233 Å². The third kappa shape index (κ3) is 4.43. The van der Waals surface area contributed by atoms with Gasteiger partial charge in [-0.2, -0.15) is 9.40 Å². The molecule has 3 heterocycles. The standard InChI is InChI=1S/C29H23F3N4O4S/c1-40-27-23(31)13-22(14-24(27)32)41(38,39)35-11-9-19-12-26-18(16-34-36(26)21-7-5-20(30)6-8-21)15-29(19,17-35)28(37)25-4-2-3-10-33-25/h2-8,10,12-14,16H,9,11,15,17H2,1H3/t29-/m0/s1. The molecule has 1 saturated heterocycles. The van der Waals surface area contributed by atoms with Crippen molar-refractivity contribution in [3.63, 3.8) is 0 Å². The van der Waals surface area contributed by atoms with E-state index in [0.717, 1.165) is 11.4 Å². The summed E-state index contributed by atoms with van der Waals surface area (Å²) in [6.45, 7) is -0.298. The van der Waals surface area contributed by atoms with Crippen molar-refractivity contribution in [2.45, 2.75) is 17.7 Å². The minimum absolute atomic E-state index is 0.0271. The third-order valence-corrected chi connectivity index (χ3v) is 9.42. The van der Waals surface area contributed by atoms with E-state index in [1.54, 1.807) is 41.2 Å². The molecule has 2 aromatic heterocycles. The van der Waals surface area contributed by atoms with Gasteiger partial charge in [-0.1, -0.05) is 11.6 Å². The molecule has 1 fully saturated rings. The second-order valence-electron chi connectivity index (χ2n) is 9.92. The van der Waals surface area contributed by atoms with E-state index in [4.69, 9.17) is 0 Å². The summed E-state index contributed by atoms with van der Waals surface area (Å²) in [4.78, 5) is 17.8. The minimum atomic E-state index is -4.41. The van der Waals surface area contributed by atoms with Gasteiger partial charge in [-0.15, -0.1) is 0 Å². The van der Waals surface area contributed by atoms with Gasteiger partial charge in [0.15, 0.2) is 23.2 Å². The van der Waals surface area contributed by atoms with E-state index >= 15 is 0 Å². The first-order valence-corrected chi connectivity index (χ1v) is 14.1. The third-order valence-electron chi connectivity index (χ3n) is 7.60. The fourth-order valence-electron chi connectivity index (χ4n) is 5.58. The number of pyridine rings is 1. The Balaban J connectivity index is 1.44. The highest BCUT2D eigenvalue weighted by molar-refractivity contribution is 7.89. The van der Waals surface area contributed by atoms with Crippen LogP contribution in [0.2, 0.25) is 0 Å². The van der Waals surface area contributed by atoms with Crippen LogP contribution >= 0.6 is 0 Å². The maximum atomic E-state index is 14.5. The largest absolute Gasteiger partial charge is 0.491 e. The molecule has 0 amide bonds. The number of ether oxygens (including phenoxy) is 1. The predicted octanol–water partition coefficient (Wildman–Crippen LogP) is 4.60. The normalized spacial score (nSPS) is 18.8. The summed E-state index contributed by atoms with van der Waals surface area (Å²) in [6, 6.07) is 12.1. The molecule has 1 atom stereocenters. The predicted molar refractivity (Wildman–Crippen MR) is 142 cm³/mol. The number of sulfonamides is 1. The van der Waals surface area contributed by atoms with E-state index in [1.165, 1.54) is 18.3 Å². The van der Waals surface area contributed by atoms with Gasteiger partial charge >= 0.3 is 0 Å². The lowest BCUT2D eigenvalue weighted by Crippen LogP contribution is -2.53. The lowest BCUT2D eigenvalue weighted by Gasteiger charge is -2.44. The van der Waals surface area contributed by atoms with Gasteiger partial charge in [0, 0.05) is 19.3 Å². The monoisotopic (exact) mass is 580 g/mol. The molecule has 2 aliphatic rings. The van der Waals surface area contributed by atoms with E-state index in [1.807, 2.05) is 6.08 Å². The zero-order valence-corrected chi connectivity index (χ0v) is 22.5. The zero-order valence-electron chi connectivity index (χ0n) is 21.7. The summed E-state index contributed by atoms with van der Waals surface area (Å²) < 4.78 is 77.3. The summed E-state index contributed by atoms with van der Waals surface area (Å²) in [5.41, 5.74) is 1.51. The number of aromatic nitrogens is 3. The van der Waals surface area contributed by atoms with E-state index in [0.29, 0.717) is 34.7 Å². The van der Waals surface area contributed by atoms with Crippen molar-refractivity contribution < 1.29 is 31.1 Å². The highest BCUT2D eigenvalue weighted by Gasteiger charge is 2.51. The van der Waals surface area contributed by atoms with Crippen molar-refractivity contribution in [2.24, 2.45) is 5.41 Å². The number of nitrogens with zero attached hydrogens (tertiary/aromatic N) is 4. The minimum Gasteiger partial charge on any atom is -0.491 e. The van der Waals surface area contributed by atoms with E-state index in [-0.39, 0.29) is 37.4 Å². The molecule has 4 aromatic rings.